The highest BCUT2D eigenvalue weighted by atomic mass is 127. The van der Waals surface area contributed by atoms with E-state index in [2.05, 4.69) is 38.5 Å². The van der Waals surface area contributed by atoms with Crippen molar-refractivity contribution < 1.29 is 19.2 Å². The molecule has 9 nitrogen and oxygen atoms in total. The monoisotopic (exact) mass is 827 g/mol. The van der Waals surface area contributed by atoms with Crippen LogP contribution in [0.2, 0.25) is 0 Å². The van der Waals surface area contributed by atoms with Crippen molar-refractivity contribution in [1.29, 1.82) is 0 Å². The summed E-state index contributed by atoms with van der Waals surface area (Å²) in [6.45, 7) is 2.09. The van der Waals surface area contributed by atoms with E-state index >= 15 is 0 Å². The minimum Gasteiger partial charge on any atom is -0.487 e. The number of hydrogen-bond acceptors (Lipinski definition) is 9. The van der Waals surface area contributed by atoms with E-state index < -0.39 is 16.9 Å². The zero-order valence-corrected chi connectivity index (χ0v) is 29.4. The van der Waals surface area contributed by atoms with Gasteiger partial charge in [0.1, 0.15) is 18.4 Å². The van der Waals surface area contributed by atoms with Crippen molar-refractivity contribution in [2.75, 3.05) is 6.61 Å². The van der Waals surface area contributed by atoms with Gasteiger partial charge in [0.15, 0.2) is 4.80 Å². The second-order valence-corrected chi connectivity index (χ2v) is 14.0. The van der Waals surface area contributed by atoms with Gasteiger partial charge in [-0.1, -0.05) is 63.7 Å². The molecule has 0 fully saturated rings. The summed E-state index contributed by atoms with van der Waals surface area (Å²) in [5.41, 5.74) is 2.63. The molecule has 0 N–H and O–H groups in total. The average molecular weight is 829 g/mol. The van der Waals surface area contributed by atoms with Crippen molar-refractivity contribution in [3.05, 3.63) is 149 Å². The van der Waals surface area contributed by atoms with E-state index in [9.17, 15) is 19.7 Å². The number of rotatable bonds is 9. The average Bonchev–Trinajstić information content (AvgIpc) is 3.69. The molecule has 0 amide bonds. The highest BCUT2D eigenvalue weighted by Crippen LogP contribution is 2.37. The smallest absolute Gasteiger partial charge is 0.338 e. The molecule has 46 heavy (non-hydrogen) atoms. The van der Waals surface area contributed by atoms with Crippen molar-refractivity contribution in [1.82, 2.24) is 4.57 Å². The van der Waals surface area contributed by atoms with Crippen molar-refractivity contribution in [2.45, 2.75) is 19.6 Å². The van der Waals surface area contributed by atoms with E-state index in [1.807, 2.05) is 60.0 Å². The number of thiazole rings is 1. The Balaban J connectivity index is 1.49. The Morgan fingerprint density at radius 1 is 1.13 bits per heavy atom. The molecule has 1 atom stereocenters. The molecule has 0 unspecified atom stereocenters. The molecular formula is C33H23BrIN3O6S2. The van der Waals surface area contributed by atoms with Gasteiger partial charge in [-0.3, -0.25) is 19.5 Å². The van der Waals surface area contributed by atoms with Crippen LogP contribution in [0.5, 0.6) is 5.75 Å². The van der Waals surface area contributed by atoms with Gasteiger partial charge in [-0.25, -0.2) is 9.79 Å². The molecule has 6 rings (SSSR count). The summed E-state index contributed by atoms with van der Waals surface area (Å²) >= 11 is 8.42. The third-order valence-corrected chi connectivity index (χ3v) is 10.2. The first kappa shape index (κ1) is 32.0. The number of non-ortho nitro benzene ring substituents is 1. The van der Waals surface area contributed by atoms with Gasteiger partial charge in [0, 0.05) is 32.6 Å². The fourth-order valence-corrected chi connectivity index (χ4v) is 8.53. The first-order chi connectivity index (χ1) is 22.2. The van der Waals surface area contributed by atoms with Gasteiger partial charge in [-0.05, 0) is 76.9 Å². The van der Waals surface area contributed by atoms with Gasteiger partial charge in [-0.15, -0.1) is 11.3 Å². The van der Waals surface area contributed by atoms with Crippen LogP contribution < -0.4 is 19.6 Å². The second-order valence-electron chi connectivity index (χ2n) is 9.97. The number of esters is 1. The number of benzene rings is 3. The fourth-order valence-electron chi connectivity index (χ4n) is 5.01. The number of nitro benzene ring substituents is 1. The molecule has 2 aromatic heterocycles. The van der Waals surface area contributed by atoms with Gasteiger partial charge < -0.3 is 9.47 Å². The number of nitro groups is 1. The van der Waals surface area contributed by atoms with Gasteiger partial charge in [0.25, 0.3) is 11.2 Å². The quantitative estimate of drug-likeness (QED) is 0.0696. The predicted octanol–water partition coefficient (Wildman–Crippen LogP) is 6.85. The maximum Gasteiger partial charge on any atom is 0.338 e. The number of ether oxygens (including phenoxy) is 2. The predicted molar refractivity (Wildman–Crippen MR) is 190 cm³/mol. The Morgan fingerprint density at radius 3 is 2.57 bits per heavy atom. The number of carbonyl (C=O) groups is 1. The third-order valence-electron chi connectivity index (χ3n) is 7.04. The SMILES string of the molecule is CCOC(=O)C1=C(c2ccccc2)N=c2s/c(=C\c3cc(Br)cc(I)c3OCc3ccc([N+](=O)[O-])cc3)c(=O)n2[C@H]1c1cccs1. The molecule has 5 aromatic rings. The Kier molecular flexibility index (Phi) is 9.63. The molecule has 0 bridgehead atoms. The van der Waals surface area contributed by atoms with E-state index in [0.29, 0.717) is 31.9 Å². The van der Waals surface area contributed by atoms with Crippen molar-refractivity contribution in [2.24, 2.45) is 4.99 Å². The molecule has 0 saturated carbocycles. The van der Waals surface area contributed by atoms with Gasteiger partial charge >= 0.3 is 5.97 Å². The largest absolute Gasteiger partial charge is 0.487 e. The molecule has 0 saturated heterocycles. The van der Waals surface area contributed by atoms with Crippen LogP contribution in [0.1, 0.15) is 34.5 Å². The highest BCUT2D eigenvalue weighted by Gasteiger charge is 2.35. The minimum absolute atomic E-state index is 0.000393. The molecule has 232 valence electrons. The molecule has 13 heteroatoms. The number of thiophene rings is 1. The van der Waals surface area contributed by atoms with Gasteiger partial charge in [0.05, 0.1) is 30.9 Å². The topological polar surface area (TPSA) is 113 Å². The van der Waals surface area contributed by atoms with E-state index in [1.165, 1.54) is 34.8 Å². The number of halogens is 2. The summed E-state index contributed by atoms with van der Waals surface area (Å²) in [6, 6.07) is 22.4. The molecule has 1 aliphatic heterocycles. The number of hydrogen-bond donors (Lipinski definition) is 0. The number of fused-ring (bicyclic) bond motifs is 1. The lowest BCUT2D eigenvalue weighted by Gasteiger charge is -2.24. The standard InChI is InChI=1S/C33H23BrIN3O6S2/c1-2-43-32(40)27-28(20-7-4-3-5-8-20)36-33-37(29(27)25-9-6-14-45-25)31(39)26(46-33)16-21-15-22(34)17-24(35)30(21)44-18-19-10-12-23(13-11-19)38(41)42/h3-17,29H,2,18H2,1H3/b26-16-/t29-/m0/s1. The Bertz CT molecular complexity index is 2160. The number of nitrogens with zero attached hydrogens (tertiary/aromatic N) is 3. The summed E-state index contributed by atoms with van der Waals surface area (Å²) in [5, 5.41) is 13.0. The first-order valence-corrected chi connectivity index (χ1v) is 17.5. The Hall–Kier alpha value is -3.92. The summed E-state index contributed by atoms with van der Waals surface area (Å²) in [7, 11) is 0. The molecule has 0 radical (unpaired) electrons. The molecular weight excluding hydrogens is 805 g/mol. The van der Waals surface area contributed by atoms with E-state index in [1.54, 1.807) is 29.7 Å². The van der Waals surface area contributed by atoms with Gasteiger partial charge in [0.2, 0.25) is 0 Å². The lowest BCUT2D eigenvalue weighted by Crippen LogP contribution is -2.39. The third kappa shape index (κ3) is 6.49. The lowest BCUT2D eigenvalue weighted by molar-refractivity contribution is -0.384. The Labute approximate surface area is 292 Å². The van der Waals surface area contributed by atoms with Crippen molar-refractivity contribution in [3.63, 3.8) is 0 Å². The summed E-state index contributed by atoms with van der Waals surface area (Å²) in [4.78, 5) is 44.6. The van der Waals surface area contributed by atoms with Crippen LogP contribution in [-0.2, 0) is 16.1 Å². The summed E-state index contributed by atoms with van der Waals surface area (Å²) < 4.78 is 15.3. The van der Waals surface area contributed by atoms with E-state index in [4.69, 9.17) is 14.5 Å². The lowest BCUT2D eigenvalue weighted by atomic mass is 9.97. The van der Waals surface area contributed by atoms with Crippen molar-refractivity contribution >= 4 is 84.6 Å². The zero-order chi connectivity index (χ0) is 32.4. The van der Waals surface area contributed by atoms with Crippen LogP contribution in [-0.4, -0.2) is 22.1 Å². The molecule has 3 heterocycles. The van der Waals surface area contributed by atoms with Crippen LogP contribution in [0.4, 0.5) is 5.69 Å². The minimum atomic E-state index is -0.729. The van der Waals surface area contributed by atoms with Crippen LogP contribution in [0, 0.1) is 13.7 Å². The van der Waals surface area contributed by atoms with Gasteiger partial charge in [-0.2, -0.15) is 0 Å². The van der Waals surface area contributed by atoms with E-state index in [0.717, 1.165) is 24.0 Å². The molecule has 1 aliphatic rings. The summed E-state index contributed by atoms with van der Waals surface area (Å²) in [6.07, 6.45) is 1.77. The molecule has 3 aromatic carbocycles. The number of carbonyl (C=O) groups excluding carboxylic acids is 1. The second kappa shape index (κ2) is 13.8. The maximum absolute atomic E-state index is 14.2. The normalized spacial score (nSPS) is 14.5. The Morgan fingerprint density at radius 2 is 1.89 bits per heavy atom. The highest BCUT2D eigenvalue weighted by molar-refractivity contribution is 14.1. The summed E-state index contributed by atoms with van der Waals surface area (Å²) in [5.74, 6) is 0.0289. The number of aromatic nitrogens is 1. The fraction of sp³-hybridized carbons (Fsp3) is 0.121. The molecule has 0 aliphatic carbocycles. The zero-order valence-electron chi connectivity index (χ0n) is 24.0. The van der Waals surface area contributed by atoms with Crippen LogP contribution in [0.25, 0.3) is 11.8 Å². The van der Waals surface area contributed by atoms with Crippen molar-refractivity contribution in [3.8, 4) is 5.75 Å². The van der Waals surface area contributed by atoms with E-state index in [-0.39, 0.29) is 24.5 Å². The first-order valence-electron chi connectivity index (χ1n) is 13.9. The molecule has 0 spiro atoms. The van der Waals surface area contributed by atoms with Crippen LogP contribution >= 0.6 is 61.2 Å². The van der Waals surface area contributed by atoms with Crippen LogP contribution in [0.15, 0.2) is 104 Å². The van der Waals surface area contributed by atoms with Crippen LogP contribution in [0.3, 0.4) is 0 Å². The maximum atomic E-state index is 14.2.